The third-order valence-electron chi connectivity index (χ3n) is 8.17. The van der Waals surface area contributed by atoms with Crippen LogP contribution in [0.2, 0.25) is 0 Å². The Labute approximate surface area is 229 Å². The third kappa shape index (κ3) is 5.78. The summed E-state index contributed by atoms with van der Waals surface area (Å²) in [5, 5.41) is 23.1. The number of halogens is 3. The van der Waals surface area contributed by atoms with E-state index in [-0.39, 0.29) is 24.1 Å². The van der Waals surface area contributed by atoms with Gasteiger partial charge < -0.3 is 15.7 Å². The average molecular weight is 565 g/mol. The number of carbonyl (C=O) groups excluding carboxylic acids is 1. The molecule has 5 rings (SSSR count). The molecule has 3 aromatic rings. The summed E-state index contributed by atoms with van der Waals surface area (Å²) in [6, 6.07) is 5.03. The van der Waals surface area contributed by atoms with Crippen LogP contribution in [0, 0.1) is 0 Å². The lowest BCUT2D eigenvalue weighted by molar-refractivity contribution is -0.146. The van der Waals surface area contributed by atoms with E-state index < -0.39 is 17.7 Å². The highest BCUT2D eigenvalue weighted by Crippen LogP contribution is 2.41. The predicted molar refractivity (Wildman–Crippen MR) is 145 cm³/mol. The molecule has 0 bridgehead atoms. The Morgan fingerprint density at radius 1 is 1.28 bits per heavy atom. The number of likely N-dealkylation sites (tertiary alicyclic amines) is 1. The highest BCUT2D eigenvalue weighted by molar-refractivity contribution is 7.11. The van der Waals surface area contributed by atoms with Crippen molar-refractivity contribution in [2.45, 2.75) is 75.7 Å². The van der Waals surface area contributed by atoms with Crippen molar-refractivity contribution < 1.29 is 23.1 Å². The SMILES string of the molecule is CCc1ncc([C@]2(O)CC[C@H](N3CC(NC(=O)CNc4nn(C)c5ccc(C(C)C(F)(F)F)cc45)C3)CC2)s1. The monoisotopic (exact) mass is 564 g/mol. The number of thiazole rings is 1. The molecule has 3 heterocycles. The van der Waals surface area contributed by atoms with E-state index >= 15 is 0 Å². The van der Waals surface area contributed by atoms with Gasteiger partial charge in [-0.05, 0) is 56.7 Å². The Bertz CT molecular complexity index is 1320. The molecule has 1 aliphatic heterocycles. The van der Waals surface area contributed by atoms with E-state index in [9.17, 15) is 23.1 Å². The summed E-state index contributed by atoms with van der Waals surface area (Å²) in [4.78, 5) is 20.3. The van der Waals surface area contributed by atoms with Crippen molar-refractivity contribution in [3.05, 3.63) is 39.8 Å². The molecule has 1 saturated carbocycles. The number of fused-ring (bicyclic) bond motifs is 1. The van der Waals surface area contributed by atoms with Gasteiger partial charge in [0.1, 0.15) is 5.60 Å². The summed E-state index contributed by atoms with van der Waals surface area (Å²) in [6.45, 7) is 4.71. The van der Waals surface area contributed by atoms with Crippen LogP contribution in [0.25, 0.3) is 10.9 Å². The first-order valence-corrected chi connectivity index (χ1v) is 14.3. The zero-order chi connectivity index (χ0) is 27.9. The zero-order valence-corrected chi connectivity index (χ0v) is 23.2. The maximum atomic E-state index is 13.2. The smallest absolute Gasteiger partial charge is 0.384 e. The van der Waals surface area contributed by atoms with Crippen LogP contribution in [0.4, 0.5) is 19.0 Å². The third-order valence-corrected chi connectivity index (χ3v) is 9.50. The number of alkyl halides is 3. The second kappa shape index (κ2) is 10.7. The number of aryl methyl sites for hydroxylation is 2. The van der Waals surface area contributed by atoms with Gasteiger partial charge in [-0.25, -0.2) is 4.98 Å². The lowest BCUT2D eigenvalue weighted by Crippen LogP contribution is -2.63. The molecule has 1 atom stereocenters. The van der Waals surface area contributed by atoms with Gasteiger partial charge in [-0.1, -0.05) is 13.0 Å². The van der Waals surface area contributed by atoms with Gasteiger partial charge >= 0.3 is 6.18 Å². The van der Waals surface area contributed by atoms with Crippen LogP contribution < -0.4 is 10.6 Å². The first kappa shape index (κ1) is 27.9. The molecule has 0 spiro atoms. The fourth-order valence-electron chi connectivity index (χ4n) is 5.60. The van der Waals surface area contributed by atoms with Gasteiger partial charge in [0.2, 0.25) is 5.91 Å². The first-order valence-electron chi connectivity index (χ1n) is 13.4. The second-order valence-electron chi connectivity index (χ2n) is 10.8. The van der Waals surface area contributed by atoms with Crippen LogP contribution >= 0.6 is 11.3 Å². The number of hydrogen-bond acceptors (Lipinski definition) is 7. The highest BCUT2D eigenvalue weighted by Gasteiger charge is 2.41. The normalized spacial score (nSPS) is 23.5. The van der Waals surface area contributed by atoms with Gasteiger partial charge in [0.25, 0.3) is 0 Å². The number of hydrogen-bond donors (Lipinski definition) is 3. The summed E-state index contributed by atoms with van der Waals surface area (Å²) in [6.07, 6.45) is 1.59. The van der Waals surface area contributed by atoms with Crippen LogP contribution in [0.15, 0.2) is 24.4 Å². The van der Waals surface area contributed by atoms with Crippen LogP contribution in [0.3, 0.4) is 0 Å². The first-order chi connectivity index (χ1) is 18.5. The van der Waals surface area contributed by atoms with Crippen molar-refractivity contribution in [2.75, 3.05) is 25.0 Å². The number of nitrogens with one attached hydrogen (secondary N) is 2. The maximum absolute atomic E-state index is 13.2. The Hall–Kier alpha value is -2.70. The van der Waals surface area contributed by atoms with E-state index in [2.05, 4.69) is 32.5 Å². The van der Waals surface area contributed by atoms with Crippen molar-refractivity contribution >= 4 is 34.0 Å². The maximum Gasteiger partial charge on any atom is 0.395 e. The number of aromatic nitrogens is 3. The number of nitrogens with zero attached hydrogens (tertiary/aromatic N) is 4. The second-order valence-corrected chi connectivity index (χ2v) is 11.9. The van der Waals surface area contributed by atoms with Gasteiger partial charge in [-0.15, -0.1) is 11.3 Å². The average Bonchev–Trinajstić information content (AvgIpc) is 3.49. The number of carbonyl (C=O) groups is 1. The van der Waals surface area contributed by atoms with Gasteiger partial charge in [0.15, 0.2) is 5.82 Å². The van der Waals surface area contributed by atoms with Crippen LogP contribution in [0.5, 0.6) is 0 Å². The Kier molecular flexibility index (Phi) is 7.64. The molecule has 1 aromatic carbocycles. The summed E-state index contributed by atoms with van der Waals surface area (Å²) in [7, 11) is 1.72. The topological polar surface area (TPSA) is 95.3 Å². The number of benzene rings is 1. The fourth-order valence-corrected chi connectivity index (χ4v) is 6.60. The van der Waals surface area contributed by atoms with Gasteiger partial charge in [-0.3, -0.25) is 14.4 Å². The van der Waals surface area contributed by atoms with E-state index in [1.54, 1.807) is 29.1 Å². The molecule has 1 amide bonds. The van der Waals surface area contributed by atoms with Crippen LogP contribution in [0.1, 0.15) is 60.9 Å². The molecule has 8 nitrogen and oxygen atoms in total. The van der Waals surface area contributed by atoms with Gasteiger partial charge in [0.05, 0.1) is 33.9 Å². The molecule has 1 saturated heterocycles. The molecule has 0 radical (unpaired) electrons. The van der Waals surface area contributed by atoms with Crippen molar-refractivity contribution in [1.29, 1.82) is 0 Å². The lowest BCUT2D eigenvalue weighted by Gasteiger charge is -2.48. The van der Waals surface area contributed by atoms with Crippen molar-refractivity contribution in [3.63, 3.8) is 0 Å². The number of anilines is 1. The Morgan fingerprint density at radius 2 is 2.00 bits per heavy atom. The number of rotatable bonds is 8. The van der Waals surface area contributed by atoms with E-state index in [4.69, 9.17) is 0 Å². The molecule has 2 fully saturated rings. The van der Waals surface area contributed by atoms with Crippen molar-refractivity contribution in [3.8, 4) is 0 Å². The van der Waals surface area contributed by atoms with E-state index in [0.717, 1.165) is 49.2 Å². The molecule has 2 aromatic heterocycles. The molecule has 39 heavy (non-hydrogen) atoms. The predicted octanol–water partition coefficient (Wildman–Crippen LogP) is 4.30. The minimum Gasteiger partial charge on any atom is -0.384 e. The highest BCUT2D eigenvalue weighted by atomic mass is 32.1. The number of amides is 1. The van der Waals surface area contributed by atoms with Crippen LogP contribution in [-0.2, 0) is 23.9 Å². The van der Waals surface area contributed by atoms with Crippen molar-refractivity contribution in [2.24, 2.45) is 7.05 Å². The summed E-state index contributed by atoms with van der Waals surface area (Å²) in [5.74, 6) is -1.40. The fraction of sp³-hybridized carbons (Fsp3) is 0.593. The van der Waals surface area contributed by atoms with Crippen molar-refractivity contribution in [1.82, 2.24) is 25.0 Å². The Morgan fingerprint density at radius 3 is 2.64 bits per heavy atom. The summed E-state index contributed by atoms with van der Waals surface area (Å²) < 4.78 is 41.2. The number of aliphatic hydroxyl groups is 1. The minimum absolute atomic E-state index is 0.0211. The molecular weight excluding hydrogens is 529 g/mol. The van der Waals surface area contributed by atoms with E-state index in [0.29, 0.717) is 35.6 Å². The molecule has 12 heteroatoms. The zero-order valence-electron chi connectivity index (χ0n) is 22.4. The minimum atomic E-state index is -4.33. The Balaban J connectivity index is 1.10. The molecule has 2 aliphatic rings. The molecule has 3 N–H and O–H groups in total. The molecule has 1 unspecified atom stereocenters. The quantitative estimate of drug-likeness (QED) is 0.378. The molecular formula is C27H35F3N6O2S. The van der Waals surface area contributed by atoms with Crippen LogP contribution in [-0.4, -0.2) is 68.6 Å². The summed E-state index contributed by atoms with van der Waals surface area (Å²) >= 11 is 1.60. The van der Waals surface area contributed by atoms with E-state index in [1.807, 2.05) is 6.20 Å². The standard InChI is InChI=1S/C27H35F3N6O2S/c1-4-24-31-12-22(39-24)26(38)9-7-19(8-10-26)36-14-18(15-36)33-23(37)13-32-25-20-11-17(16(2)27(28,29)30)5-6-21(20)35(3)34-25/h5-6,11-12,16,18-19,38H,4,7-10,13-15H2,1-3H3,(H,32,34)(H,33,37)/t16?,19-,26-. The van der Waals surface area contributed by atoms with Gasteiger partial charge in [0, 0.05) is 37.8 Å². The largest absolute Gasteiger partial charge is 0.395 e. The van der Waals surface area contributed by atoms with E-state index in [1.165, 1.54) is 12.1 Å². The molecule has 212 valence electrons. The summed E-state index contributed by atoms with van der Waals surface area (Å²) in [5.41, 5.74) is 0.0580. The van der Waals surface area contributed by atoms with Gasteiger partial charge in [-0.2, -0.15) is 18.3 Å². The lowest BCUT2D eigenvalue weighted by atomic mass is 9.80. The molecule has 1 aliphatic carbocycles.